The Balaban J connectivity index is 1.62. The summed E-state index contributed by atoms with van der Waals surface area (Å²) in [5, 5.41) is 18.8. The molecule has 2 aliphatic rings. The first-order valence-electron chi connectivity index (χ1n) is 10.7. The van der Waals surface area contributed by atoms with Crippen molar-refractivity contribution >= 4 is 10.0 Å². The number of benzene rings is 2. The first-order chi connectivity index (χ1) is 15.6. The maximum atomic E-state index is 13.9. The third kappa shape index (κ3) is 4.92. The number of halogens is 3. The van der Waals surface area contributed by atoms with E-state index in [0.717, 1.165) is 19.4 Å². The number of nitriles is 1. The molecule has 2 aromatic rings. The molecule has 2 atom stereocenters. The van der Waals surface area contributed by atoms with E-state index in [1.807, 2.05) is 6.07 Å². The molecule has 0 bridgehead atoms. The maximum absolute atomic E-state index is 13.9. The van der Waals surface area contributed by atoms with E-state index < -0.39 is 32.8 Å². The molecule has 176 valence electrons. The molecule has 0 aromatic heterocycles. The van der Waals surface area contributed by atoms with Gasteiger partial charge in [-0.15, -0.1) is 0 Å². The molecule has 1 unspecified atom stereocenters. The van der Waals surface area contributed by atoms with Crippen LogP contribution in [0.1, 0.15) is 30.4 Å². The fourth-order valence-electron chi connectivity index (χ4n) is 4.59. The molecular formula is C23H24F3N3O3S. The molecule has 2 heterocycles. The number of likely N-dealkylation sites (tertiary alicyclic amines) is 1. The number of aliphatic hydroxyl groups excluding tert-OH is 1. The fourth-order valence-corrected chi connectivity index (χ4v) is 6.10. The van der Waals surface area contributed by atoms with E-state index in [-0.39, 0.29) is 30.3 Å². The van der Waals surface area contributed by atoms with Crippen LogP contribution in [0.3, 0.4) is 0 Å². The summed E-state index contributed by atoms with van der Waals surface area (Å²) in [7, 11) is -4.12. The number of rotatable bonds is 4. The summed E-state index contributed by atoms with van der Waals surface area (Å²) >= 11 is 0. The van der Waals surface area contributed by atoms with Crippen molar-refractivity contribution in [3.05, 3.63) is 53.6 Å². The Hall–Kier alpha value is -2.45. The molecule has 10 heteroatoms. The molecule has 1 N–H and O–H groups in total. The van der Waals surface area contributed by atoms with Crippen LogP contribution in [0, 0.1) is 11.3 Å². The zero-order chi connectivity index (χ0) is 23.8. The molecule has 2 fully saturated rings. The second-order valence-corrected chi connectivity index (χ2v) is 10.4. The Kier molecular flexibility index (Phi) is 6.51. The normalized spacial score (nSPS) is 22.9. The van der Waals surface area contributed by atoms with Crippen molar-refractivity contribution in [3.63, 3.8) is 0 Å². The van der Waals surface area contributed by atoms with Crippen molar-refractivity contribution in [2.24, 2.45) is 0 Å². The summed E-state index contributed by atoms with van der Waals surface area (Å²) < 4.78 is 69.2. The second kappa shape index (κ2) is 9.06. The lowest BCUT2D eigenvalue weighted by molar-refractivity contribution is -0.137. The fraction of sp³-hybridized carbons (Fsp3) is 0.435. The SMILES string of the molecule is N#Cc1ccc(-c2ccc(S(=O)(=O)N3CC[C@@H](N4CCCC(O)C4)C3)cc2C(F)(F)F)cc1. The lowest BCUT2D eigenvalue weighted by Crippen LogP contribution is -2.46. The minimum Gasteiger partial charge on any atom is -0.392 e. The second-order valence-electron chi connectivity index (χ2n) is 8.49. The molecule has 0 saturated carbocycles. The van der Waals surface area contributed by atoms with Crippen LogP contribution in [-0.4, -0.2) is 61.1 Å². The molecule has 2 aliphatic heterocycles. The number of aliphatic hydroxyl groups is 1. The highest BCUT2D eigenvalue weighted by Gasteiger charge is 2.39. The van der Waals surface area contributed by atoms with Gasteiger partial charge in [0.2, 0.25) is 10.0 Å². The number of piperidine rings is 1. The van der Waals surface area contributed by atoms with E-state index in [9.17, 15) is 26.7 Å². The van der Waals surface area contributed by atoms with Gasteiger partial charge in [-0.3, -0.25) is 4.90 Å². The van der Waals surface area contributed by atoms with Gasteiger partial charge in [-0.25, -0.2) is 8.42 Å². The minimum absolute atomic E-state index is 0.0604. The Morgan fingerprint density at radius 2 is 1.76 bits per heavy atom. The average Bonchev–Trinajstić information content (AvgIpc) is 3.29. The molecule has 2 saturated heterocycles. The largest absolute Gasteiger partial charge is 0.417 e. The number of hydrogen-bond donors (Lipinski definition) is 1. The van der Waals surface area contributed by atoms with E-state index in [1.165, 1.54) is 40.7 Å². The number of hydrogen-bond acceptors (Lipinski definition) is 5. The van der Waals surface area contributed by atoms with Crippen LogP contribution in [0.4, 0.5) is 13.2 Å². The van der Waals surface area contributed by atoms with Crippen LogP contribution in [0.5, 0.6) is 0 Å². The van der Waals surface area contributed by atoms with Gasteiger partial charge in [-0.2, -0.15) is 22.7 Å². The maximum Gasteiger partial charge on any atom is 0.417 e. The average molecular weight is 480 g/mol. The zero-order valence-electron chi connectivity index (χ0n) is 17.8. The predicted octanol–water partition coefficient (Wildman–Crippen LogP) is 3.46. The van der Waals surface area contributed by atoms with Gasteiger partial charge in [0.25, 0.3) is 0 Å². The molecule has 0 radical (unpaired) electrons. The quantitative estimate of drug-likeness (QED) is 0.726. The molecule has 2 aromatic carbocycles. The number of sulfonamides is 1. The van der Waals surface area contributed by atoms with Crippen molar-refractivity contribution in [3.8, 4) is 17.2 Å². The van der Waals surface area contributed by atoms with Crippen LogP contribution in [0.2, 0.25) is 0 Å². The monoisotopic (exact) mass is 479 g/mol. The van der Waals surface area contributed by atoms with Gasteiger partial charge in [0, 0.05) is 25.7 Å². The number of β-amino-alcohol motifs (C(OH)–C–C–N with tert-alkyl or cyclic N) is 1. The predicted molar refractivity (Wildman–Crippen MR) is 116 cm³/mol. The van der Waals surface area contributed by atoms with E-state index in [0.29, 0.717) is 24.6 Å². The van der Waals surface area contributed by atoms with Crippen LogP contribution in [-0.2, 0) is 16.2 Å². The summed E-state index contributed by atoms with van der Waals surface area (Å²) in [5.41, 5.74) is -0.623. The summed E-state index contributed by atoms with van der Waals surface area (Å²) in [6, 6.07) is 10.6. The minimum atomic E-state index is -4.76. The Bertz CT molecular complexity index is 1160. The lowest BCUT2D eigenvalue weighted by atomic mass is 9.98. The Morgan fingerprint density at radius 3 is 2.39 bits per heavy atom. The molecular weight excluding hydrogens is 455 g/mol. The van der Waals surface area contributed by atoms with Crippen LogP contribution >= 0.6 is 0 Å². The van der Waals surface area contributed by atoms with Gasteiger partial charge < -0.3 is 5.11 Å². The summed E-state index contributed by atoms with van der Waals surface area (Å²) in [6.45, 7) is 1.66. The van der Waals surface area contributed by atoms with Crippen LogP contribution in [0.25, 0.3) is 11.1 Å². The smallest absolute Gasteiger partial charge is 0.392 e. The van der Waals surface area contributed by atoms with Crippen molar-refractivity contribution in [2.45, 2.75) is 42.5 Å². The number of nitrogens with zero attached hydrogens (tertiary/aromatic N) is 3. The van der Waals surface area contributed by atoms with E-state index in [1.54, 1.807) is 0 Å². The molecule has 0 aliphatic carbocycles. The molecule has 6 nitrogen and oxygen atoms in total. The summed E-state index contributed by atoms with van der Waals surface area (Å²) in [5.74, 6) is 0. The zero-order valence-corrected chi connectivity index (χ0v) is 18.6. The lowest BCUT2D eigenvalue weighted by Gasteiger charge is -2.34. The third-order valence-electron chi connectivity index (χ3n) is 6.33. The highest BCUT2D eigenvalue weighted by atomic mass is 32.2. The third-order valence-corrected chi connectivity index (χ3v) is 8.19. The van der Waals surface area contributed by atoms with Gasteiger partial charge in [-0.05, 0) is 61.2 Å². The highest BCUT2D eigenvalue weighted by molar-refractivity contribution is 7.89. The summed E-state index contributed by atoms with van der Waals surface area (Å²) in [6.07, 6.45) is -3.07. The van der Waals surface area contributed by atoms with Crippen LogP contribution < -0.4 is 0 Å². The van der Waals surface area contributed by atoms with Crippen molar-refractivity contribution in [2.75, 3.05) is 26.2 Å². The van der Waals surface area contributed by atoms with E-state index >= 15 is 0 Å². The van der Waals surface area contributed by atoms with Gasteiger partial charge in [0.15, 0.2) is 0 Å². The number of alkyl halides is 3. The highest BCUT2D eigenvalue weighted by Crippen LogP contribution is 2.39. The first-order valence-corrected chi connectivity index (χ1v) is 12.2. The summed E-state index contributed by atoms with van der Waals surface area (Å²) in [4.78, 5) is 1.67. The molecule has 4 rings (SSSR count). The van der Waals surface area contributed by atoms with Gasteiger partial charge in [-0.1, -0.05) is 18.2 Å². The first kappa shape index (κ1) is 23.7. The van der Waals surface area contributed by atoms with E-state index in [2.05, 4.69) is 4.90 Å². The topological polar surface area (TPSA) is 84.6 Å². The van der Waals surface area contributed by atoms with Crippen LogP contribution in [0.15, 0.2) is 47.4 Å². The Morgan fingerprint density at radius 1 is 1.03 bits per heavy atom. The van der Waals surface area contributed by atoms with Crippen molar-refractivity contribution < 1.29 is 26.7 Å². The van der Waals surface area contributed by atoms with Crippen molar-refractivity contribution in [1.29, 1.82) is 5.26 Å². The van der Waals surface area contributed by atoms with Gasteiger partial charge in [0.05, 0.1) is 28.2 Å². The van der Waals surface area contributed by atoms with Crippen molar-refractivity contribution in [1.82, 2.24) is 9.21 Å². The van der Waals surface area contributed by atoms with Gasteiger partial charge >= 0.3 is 6.18 Å². The molecule has 0 spiro atoms. The standard InChI is InChI=1S/C23H24F3N3O3S/c24-23(25,26)22-12-20(7-8-21(22)17-5-3-16(13-27)4-6-17)33(31,32)29-11-9-18(14-29)28-10-1-2-19(30)15-28/h3-8,12,18-19,30H,1-2,9-11,14-15H2/t18-,19?/m1/s1. The molecule has 33 heavy (non-hydrogen) atoms. The Labute approximate surface area is 190 Å². The van der Waals surface area contributed by atoms with E-state index in [4.69, 9.17) is 5.26 Å². The van der Waals surface area contributed by atoms with Gasteiger partial charge in [0.1, 0.15) is 0 Å². The molecule has 0 amide bonds.